The van der Waals surface area contributed by atoms with Crippen LogP contribution in [0.4, 0.5) is 16.2 Å². The Bertz CT molecular complexity index is 757. The van der Waals surface area contributed by atoms with Gasteiger partial charge in [-0.3, -0.25) is 0 Å². The molecule has 26 heavy (non-hydrogen) atoms. The molecule has 0 aliphatic carbocycles. The number of anilines is 2. The number of benzene rings is 2. The monoisotopic (exact) mass is 368 g/mol. The Morgan fingerprint density at radius 2 is 1.54 bits per heavy atom. The molecule has 136 valence electrons. The zero-order valence-corrected chi connectivity index (χ0v) is 15.8. The van der Waals surface area contributed by atoms with Crippen LogP contribution in [0.25, 0.3) is 0 Å². The Labute approximate surface area is 160 Å². The van der Waals surface area contributed by atoms with Crippen molar-refractivity contribution in [3.8, 4) is 0 Å². The summed E-state index contributed by atoms with van der Waals surface area (Å²) in [5.41, 5.74) is 3.12. The first-order chi connectivity index (χ1) is 12.7. The molecule has 0 bridgehead atoms. The molecule has 5 nitrogen and oxygen atoms in total. The van der Waals surface area contributed by atoms with Crippen LogP contribution in [0, 0.1) is 0 Å². The van der Waals surface area contributed by atoms with Gasteiger partial charge in [-0.15, -0.1) is 0 Å². The van der Waals surface area contributed by atoms with Crippen LogP contribution in [0.2, 0.25) is 0 Å². The van der Waals surface area contributed by atoms with Crippen LogP contribution in [-0.4, -0.2) is 47.1 Å². The number of piperazine rings is 1. The minimum atomic E-state index is -0.0638. The van der Waals surface area contributed by atoms with Gasteiger partial charge in [0.15, 0.2) is 5.11 Å². The molecule has 2 N–H and O–H groups in total. The van der Waals surface area contributed by atoms with E-state index in [1.807, 2.05) is 47.4 Å². The van der Waals surface area contributed by atoms with Crippen molar-refractivity contribution in [1.29, 1.82) is 0 Å². The van der Waals surface area contributed by atoms with E-state index in [0.29, 0.717) is 18.2 Å². The van der Waals surface area contributed by atoms with Crippen LogP contribution in [0.5, 0.6) is 0 Å². The Morgan fingerprint density at radius 3 is 2.23 bits per heavy atom. The van der Waals surface area contributed by atoms with Gasteiger partial charge in [-0.1, -0.05) is 43.3 Å². The minimum absolute atomic E-state index is 0.0638. The second-order valence-electron chi connectivity index (χ2n) is 6.21. The summed E-state index contributed by atoms with van der Waals surface area (Å²) < 4.78 is 0. The molecule has 2 aromatic rings. The van der Waals surface area contributed by atoms with Gasteiger partial charge in [0.2, 0.25) is 0 Å². The van der Waals surface area contributed by atoms with Gasteiger partial charge in [-0.2, -0.15) is 0 Å². The predicted octanol–water partition coefficient (Wildman–Crippen LogP) is 3.80. The summed E-state index contributed by atoms with van der Waals surface area (Å²) in [7, 11) is 0. The molecule has 0 aromatic heterocycles. The van der Waals surface area contributed by atoms with E-state index in [9.17, 15) is 4.79 Å². The number of aryl methyl sites for hydroxylation is 1. The highest BCUT2D eigenvalue weighted by molar-refractivity contribution is 7.80. The fourth-order valence-corrected chi connectivity index (χ4v) is 3.27. The molecular weight excluding hydrogens is 344 g/mol. The van der Waals surface area contributed by atoms with Crippen molar-refractivity contribution in [2.45, 2.75) is 13.3 Å². The number of carbonyl (C=O) groups is 1. The molecule has 1 aliphatic rings. The lowest BCUT2D eigenvalue weighted by Gasteiger charge is -2.36. The Balaban J connectivity index is 1.51. The van der Waals surface area contributed by atoms with Crippen LogP contribution >= 0.6 is 12.2 Å². The number of nitrogens with zero attached hydrogens (tertiary/aromatic N) is 2. The summed E-state index contributed by atoms with van der Waals surface area (Å²) in [5.74, 6) is 0. The van der Waals surface area contributed by atoms with Gasteiger partial charge in [0.1, 0.15) is 0 Å². The number of hydrogen-bond acceptors (Lipinski definition) is 2. The molecule has 1 aliphatic heterocycles. The quantitative estimate of drug-likeness (QED) is 0.809. The third kappa shape index (κ3) is 4.52. The lowest BCUT2D eigenvalue weighted by Crippen LogP contribution is -2.52. The highest BCUT2D eigenvalue weighted by atomic mass is 32.1. The number of carbonyl (C=O) groups excluding carboxylic acids is 1. The summed E-state index contributed by atoms with van der Waals surface area (Å²) >= 11 is 5.57. The molecule has 0 atom stereocenters. The maximum absolute atomic E-state index is 12.4. The molecule has 0 saturated carbocycles. The normalized spacial score (nSPS) is 14.0. The zero-order valence-electron chi connectivity index (χ0n) is 14.9. The van der Waals surface area contributed by atoms with Gasteiger partial charge >= 0.3 is 6.03 Å². The van der Waals surface area contributed by atoms with Crippen molar-refractivity contribution in [2.24, 2.45) is 0 Å². The molecule has 0 unspecified atom stereocenters. The van der Waals surface area contributed by atoms with E-state index in [2.05, 4.69) is 34.6 Å². The SMILES string of the molecule is CCc1ccccc1NC(=S)N1CCN(C(=O)Nc2ccccc2)CC1. The highest BCUT2D eigenvalue weighted by Gasteiger charge is 2.22. The van der Waals surface area contributed by atoms with Crippen molar-refractivity contribution in [3.05, 3.63) is 60.2 Å². The lowest BCUT2D eigenvalue weighted by molar-refractivity contribution is 0.182. The smallest absolute Gasteiger partial charge is 0.321 e. The van der Waals surface area contributed by atoms with Gasteiger partial charge < -0.3 is 20.4 Å². The van der Waals surface area contributed by atoms with Gasteiger partial charge in [0.05, 0.1) is 0 Å². The Hall–Kier alpha value is -2.60. The third-order valence-corrected chi connectivity index (χ3v) is 4.88. The molecule has 2 amide bonds. The number of nitrogens with one attached hydrogen (secondary N) is 2. The summed E-state index contributed by atoms with van der Waals surface area (Å²) in [5, 5.41) is 7.00. The van der Waals surface area contributed by atoms with E-state index in [0.717, 1.165) is 30.9 Å². The number of thiocarbonyl (C=S) groups is 1. The van der Waals surface area contributed by atoms with Crippen LogP contribution < -0.4 is 10.6 Å². The average molecular weight is 369 g/mol. The third-order valence-electron chi connectivity index (χ3n) is 4.52. The molecule has 6 heteroatoms. The molecule has 1 heterocycles. The van der Waals surface area contributed by atoms with Gasteiger partial charge in [0, 0.05) is 37.6 Å². The van der Waals surface area contributed by atoms with Crippen LogP contribution in [0.15, 0.2) is 54.6 Å². The second-order valence-corrected chi connectivity index (χ2v) is 6.60. The van der Waals surface area contributed by atoms with E-state index in [4.69, 9.17) is 12.2 Å². The summed E-state index contributed by atoms with van der Waals surface area (Å²) in [6.07, 6.45) is 0.958. The number of amides is 2. The number of para-hydroxylation sites is 2. The van der Waals surface area contributed by atoms with Crippen molar-refractivity contribution in [2.75, 3.05) is 36.8 Å². The van der Waals surface area contributed by atoms with Gasteiger partial charge in [-0.05, 0) is 42.4 Å². The highest BCUT2D eigenvalue weighted by Crippen LogP contribution is 2.17. The number of rotatable bonds is 3. The van der Waals surface area contributed by atoms with Crippen LogP contribution in [0.1, 0.15) is 12.5 Å². The molecule has 2 aromatic carbocycles. The summed E-state index contributed by atoms with van der Waals surface area (Å²) in [4.78, 5) is 16.3. The van der Waals surface area contributed by atoms with Crippen molar-refractivity contribution in [1.82, 2.24) is 9.80 Å². The number of urea groups is 1. The van der Waals surface area contributed by atoms with E-state index in [1.54, 1.807) is 0 Å². The standard InChI is InChI=1S/C20H24N4OS/c1-2-16-8-6-7-11-18(16)22-20(26)24-14-12-23(13-15-24)19(25)21-17-9-4-3-5-10-17/h3-11H,2,12-15H2,1H3,(H,21,25)(H,22,26). The molecule has 0 radical (unpaired) electrons. The second kappa shape index (κ2) is 8.67. The summed E-state index contributed by atoms with van der Waals surface area (Å²) in [6, 6.07) is 17.7. The molecular formula is C20H24N4OS. The van der Waals surface area contributed by atoms with Crippen molar-refractivity contribution >= 4 is 34.7 Å². The van der Waals surface area contributed by atoms with Gasteiger partial charge in [0.25, 0.3) is 0 Å². The fraction of sp³-hybridized carbons (Fsp3) is 0.300. The Morgan fingerprint density at radius 1 is 0.923 bits per heavy atom. The number of hydrogen-bond donors (Lipinski definition) is 2. The molecule has 1 fully saturated rings. The van der Waals surface area contributed by atoms with Crippen molar-refractivity contribution < 1.29 is 4.79 Å². The maximum atomic E-state index is 12.4. The van der Waals surface area contributed by atoms with Crippen molar-refractivity contribution in [3.63, 3.8) is 0 Å². The summed E-state index contributed by atoms with van der Waals surface area (Å²) in [6.45, 7) is 4.88. The van der Waals surface area contributed by atoms with E-state index >= 15 is 0 Å². The lowest BCUT2D eigenvalue weighted by atomic mass is 10.1. The van der Waals surface area contributed by atoms with Crippen LogP contribution in [0.3, 0.4) is 0 Å². The largest absolute Gasteiger partial charge is 0.345 e. The predicted molar refractivity (Wildman–Crippen MR) is 111 cm³/mol. The van der Waals surface area contributed by atoms with Gasteiger partial charge in [-0.25, -0.2) is 4.79 Å². The van der Waals surface area contributed by atoms with E-state index < -0.39 is 0 Å². The molecule has 1 saturated heterocycles. The fourth-order valence-electron chi connectivity index (χ4n) is 2.98. The first kappa shape index (κ1) is 18.2. The molecule has 3 rings (SSSR count). The maximum Gasteiger partial charge on any atom is 0.321 e. The first-order valence-corrected chi connectivity index (χ1v) is 9.33. The van der Waals surface area contributed by atoms with E-state index in [1.165, 1.54) is 5.56 Å². The Kier molecular flexibility index (Phi) is 6.07. The van der Waals surface area contributed by atoms with Crippen LogP contribution in [-0.2, 0) is 6.42 Å². The zero-order chi connectivity index (χ0) is 18.4. The first-order valence-electron chi connectivity index (χ1n) is 8.92. The topological polar surface area (TPSA) is 47.6 Å². The minimum Gasteiger partial charge on any atom is -0.345 e. The van der Waals surface area contributed by atoms with E-state index in [-0.39, 0.29) is 6.03 Å². The average Bonchev–Trinajstić information content (AvgIpc) is 2.69. The molecule has 0 spiro atoms.